The van der Waals surface area contributed by atoms with E-state index in [1.807, 2.05) is 75.5 Å². The molecular formula is C30H37BrN4O3. The lowest BCUT2D eigenvalue weighted by Gasteiger charge is -2.14. The predicted octanol–water partition coefficient (Wildman–Crippen LogP) is 6.23. The van der Waals surface area contributed by atoms with Crippen LogP contribution in [0, 0.1) is 20.8 Å². The highest BCUT2D eigenvalue weighted by molar-refractivity contribution is 9.10. The fraction of sp³-hybridized carbons (Fsp3) is 0.233. The van der Waals surface area contributed by atoms with E-state index in [1.165, 1.54) is 4.57 Å². The summed E-state index contributed by atoms with van der Waals surface area (Å²) in [6.45, 7) is 5.77. The first-order valence-corrected chi connectivity index (χ1v) is 12.0. The summed E-state index contributed by atoms with van der Waals surface area (Å²) in [4.78, 5) is 35.4. The van der Waals surface area contributed by atoms with Crippen molar-refractivity contribution in [1.82, 2.24) is 9.13 Å². The second-order valence-corrected chi connectivity index (χ2v) is 9.57. The van der Waals surface area contributed by atoms with Crippen molar-refractivity contribution in [2.24, 2.45) is 14.1 Å². The van der Waals surface area contributed by atoms with Gasteiger partial charge >= 0.3 is 0 Å². The molecule has 2 aromatic carbocycles. The number of aryl methyl sites for hydroxylation is 4. The molecule has 0 bridgehead atoms. The summed E-state index contributed by atoms with van der Waals surface area (Å²) in [5, 5.41) is 2.99. The van der Waals surface area contributed by atoms with Crippen LogP contribution in [0.15, 0.2) is 81.1 Å². The summed E-state index contributed by atoms with van der Waals surface area (Å²) in [6, 6.07) is 16.7. The standard InChI is InChI=1S/C22H22N2O2.C6H7BrN2O.2CH4/c1-14-8-10-17(11-9-14)21(25)23-20-7-5-6-19(16(20)3)18-12-15(2)22(26)24(4)13-18;1-9-3-4(7)2-5(8)6(9)10;;/h5-13H,1-4H3,(H,23,25);2-3H,8H2,1H3;2*1H4. The highest BCUT2D eigenvalue weighted by Crippen LogP contribution is 2.28. The van der Waals surface area contributed by atoms with Crippen LogP contribution < -0.4 is 22.2 Å². The number of halogens is 1. The van der Waals surface area contributed by atoms with E-state index < -0.39 is 0 Å². The normalized spacial score (nSPS) is 9.84. The monoisotopic (exact) mass is 580 g/mol. The smallest absolute Gasteiger partial charge is 0.273 e. The molecule has 0 aliphatic heterocycles. The van der Waals surface area contributed by atoms with Crippen molar-refractivity contribution < 1.29 is 4.79 Å². The average Bonchev–Trinajstić information content (AvgIpc) is 2.82. The number of rotatable bonds is 3. The molecule has 0 fully saturated rings. The van der Waals surface area contributed by atoms with E-state index in [1.54, 1.807) is 30.9 Å². The highest BCUT2D eigenvalue weighted by atomic mass is 79.9. The van der Waals surface area contributed by atoms with Crippen molar-refractivity contribution in [3.8, 4) is 11.1 Å². The number of carbonyl (C=O) groups excluding carboxylic acids is 1. The second-order valence-electron chi connectivity index (χ2n) is 8.66. The van der Waals surface area contributed by atoms with Gasteiger partial charge in [0.1, 0.15) is 0 Å². The molecule has 4 aromatic rings. The molecule has 7 nitrogen and oxygen atoms in total. The van der Waals surface area contributed by atoms with Gasteiger partial charge < -0.3 is 20.2 Å². The van der Waals surface area contributed by atoms with Crippen LogP contribution in [0.25, 0.3) is 11.1 Å². The molecule has 0 saturated heterocycles. The van der Waals surface area contributed by atoms with Gasteiger partial charge in [0, 0.05) is 47.8 Å². The quantitative estimate of drug-likeness (QED) is 0.300. The van der Waals surface area contributed by atoms with Gasteiger partial charge in [-0.3, -0.25) is 14.4 Å². The number of nitrogens with two attached hydrogens (primary N) is 1. The molecule has 38 heavy (non-hydrogen) atoms. The van der Waals surface area contributed by atoms with E-state index in [2.05, 4.69) is 21.2 Å². The SMILES string of the molecule is C.C.Cc1ccc(C(=O)Nc2cccc(-c3cc(C)c(=O)n(C)c3)c2C)cc1.Cn1cc(Br)cc(N)c1=O. The zero-order valence-corrected chi connectivity index (χ0v) is 22.5. The van der Waals surface area contributed by atoms with E-state index in [4.69, 9.17) is 5.73 Å². The Morgan fingerprint density at radius 3 is 2.05 bits per heavy atom. The Morgan fingerprint density at radius 1 is 0.868 bits per heavy atom. The van der Waals surface area contributed by atoms with Crippen LogP contribution in [-0.2, 0) is 14.1 Å². The van der Waals surface area contributed by atoms with Crippen LogP contribution in [-0.4, -0.2) is 15.0 Å². The maximum atomic E-state index is 12.5. The van der Waals surface area contributed by atoms with E-state index >= 15 is 0 Å². The van der Waals surface area contributed by atoms with Crippen LogP contribution in [0.1, 0.15) is 41.9 Å². The minimum atomic E-state index is -0.164. The maximum Gasteiger partial charge on any atom is 0.273 e. The highest BCUT2D eigenvalue weighted by Gasteiger charge is 2.12. The first-order valence-electron chi connectivity index (χ1n) is 11.2. The number of hydrogen-bond donors (Lipinski definition) is 2. The third kappa shape index (κ3) is 7.55. The number of amides is 1. The van der Waals surface area contributed by atoms with Crippen molar-refractivity contribution in [2.75, 3.05) is 11.1 Å². The topological polar surface area (TPSA) is 99.1 Å². The lowest BCUT2D eigenvalue weighted by atomic mass is 9.99. The number of nitrogens with one attached hydrogen (secondary N) is 1. The number of anilines is 2. The van der Waals surface area contributed by atoms with Crippen molar-refractivity contribution in [1.29, 1.82) is 0 Å². The largest absolute Gasteiger partial charge is 0.394 e. The van der Waals surface area contributed by atoms with Gasteiger partial charge in [-0.15, -0.1) is 0 Å². The fourth-order valence-corrected chi connectivity index (χ4v) is 4.26. The molecule has 0 aliphatic rings. The van der Waals surface area contributed by atoms with Crippen LogP contribution in [0.5, 0.6) is 0 Å². The maximum absolute atomic E-state index is 12.5. The number of carbonyl (C=O) groups is 1. The Hall–Kier alpha value is -3.91. The van der Waals surface area contributed by atoms with Crippen LogP contribution in [0.2, 0.25) is 0 Å². The lowest BCUT2D eigenvalue weighted by Crippen LogP contribution is -2.19. The average molecular weight is 582 g/mol. The lowest BCUT2D eigenvalue weighted by molar-refractivity contribution is 0.102. The minimum absolute atomic E-state index is 0. The van der Waals surface area contributed by atoms with Crippen molar-refractivity contribution in [2.45, 2.75) is 35.6 Å². The summed E-state index contributed by atoms with van der Waals surface area (Å²) in [5.74, 6) is -0.137. The van der Waals surface area contributed by atoms with Gasteiger partial charge in [-0.2, -0.15) is 0 Å². The van der Waals surface area contributed by atoms with Crippen LogP contribution in [0.4, 0.5) is 11.4 Å². The molecule has 0 saturated carbocycles. The van der Waals surface area contributed by atoms with Gasteiger partial charge in [0.05, 0.1) is 5.69 Å². The molecule has 2 aromatic heterocycles. The Morgan fingerprint density at radius 2 is 1.47 bits per heavy atom. The number of benzene rings is 2. The summed E-state index contributed by atoms with van der Waals surface area (Å²) < 4.78 is 3.83. The zero-order valence-electron chi connectivity index (χ0n) is 20.9. The van der Waals surface area contributed by atoms with Gasteiger partial charge in [0.2, 0.25) is 0 Å². The van der Waals surface area contributed by atoms with Crippen LogP contribution >= 0.6 is 15.9 Å². The molecule has 8 heteroatoms. The van der Waals surface area contributed by atoms with Gasteiger partial charge in [-0.25, -0.2) is 0 Å². The molecule has 202 valence electrons. The molecule has 3 N–H and O–H groups in total. The van der Waals surface area contributed by atoms with Gasteiger partial charge in [0.25, 0.3) is 17.0 Å². The summed E-state index contributed by atoms with van der Waals surface area (Å²) in [6.07, 6.45) is 3.49. The molecule has 0 spiro atoms. The first kappa shape index (κ1) is 32.1. The Balaban J connectivity index is 0.000000511. The summed E-state index contributed by atoms with van der Waals surface area (Å²) in [5.41, 5.74) is 11.6. The first-order chi connectivity index (χ1) is 17.0. The van der Waals surface area contributed by atoms with Gasteiger partial charge in [-0.05, 0) is 83.7 Å². The summed E-state index contributed by atoms with van der Waals surface area (Å²) in [7, 11) is 3.40. The molecule has 0 atom stereocenters. The predicted molar refractivity (Wildman–Crippen MR) is 163 cm³/mol. The molecular weight excluding hydrogens is 544 g/mol. The van der Waals surface area contributed by atoms with Gasteiger partial charge in [0.15, 0.2) is 0 Å². The minimum Gasteiger partial charge on any atom is -0.394 e. The third-order valence-corrected chi connectivity index (χ3v) is 6.18. The Bertz CT molecular complexity index is 1480. The Kier molecular flexibility index (Phi) is 11.5. The zero-order chi connectivity index (χ0) is 26.6. The second kappa shape index (κ2) is 13.6. The van der Waals surface area contributed by atoms with Crippen molar-refractivity contribution in [3.05, 3.63) is 114 Å². The summed E-state index contributed by atoms with van der Waals surface area (Å²) >= 11 is 3.21. The van der Waals surface area contributed by atoms with E-state index in [-0.39, 0.29) is 37.6 Å². The van der Waals surface area contributed by atoms with Crippen molar-refractivity contribution >= 4 is 33.2 Å². The number of hydrogen-bond acceptors (Lipinski definition) is 4. The van der Waals surface area contributed by atoms with Crippen LogP contribution in [0.3, 0.4) is 0 Å². The molecule has 0 radical (unpaired) electrons. The number of nitrogens with zero attached hydrogens (tertiary/aromatic N) is 2. The van der Waals surface area contributed by atoms with E-state index in [0.29, 0.717) is 11.1 Å². The van der Waals surface area contributed by atoms with Crippen molar-refractivity contribution in [3.63, 3.8) is 0 Å². The van der Waals surface area contributed by atoms with Gasteiger partial charge in [-0.1, -0.05) is 44.7 Å². The number of nitrogen functional groups attached to an aromatic ring is 1. The molecule has 0 aliphatic carbocycles. The van der Waals surface area contributed by atoms with E-state index in [0.717, 1.165) is 32.4 Å². The number of pyridine rings is 2. The molecule has 4 rings (SSSR count). The Labute approximate surface area is 233 Å². The third-order valence-electron chi connectivity index (χ3n) is 5.75. The van der Waals surface area contributed by atoms with E-state index in [9.17, 15) is 14.4 Å². The number of aromatic nitrogens is 2. The fourth-order valence-electron chi connectivity index (χ4n) is 3.70. The molecule has 0 unspecified atom stereocenters. The molecule has 2 heterocycles. The molecule has 1 amide bonds.